The van der Waals surface area contributed by atoms with Gasteiger partial charge < -0.3 is 10.5 Å². The molecule has 0 aliphatic heterocycles. The molecule has 0 aliphatic rings. The number of hydrogen-bond acceptors (Lipinski definition) is 2. The van der Waals surface area contributed by atoms with Crippen LogP contribution in [0.4, 0.5) is 0 Å². The number of rotatable bonds is 3. The number of nitrogens with two attached hydrogens (primary N) is 1. The fraction of sp³-hybridized carbons (Fsp3) is 0.833. The van der Waals surface area contributed by atoms with Crippen molar-refractivity contribution < 1.29 is 4.79 Å². The first-order valence-electron chi connectivity index (χ1n) is 2.93. The summed E-state index contributed by atoms with van der Waals surface area (Å²) in [4.78, 5) is 10.1. The number of carbonyl (C=O) groups is 1. The Balaban J connectivity index is 3.51. The third-order valence-corrected chi connectivity index (χ3v) is 1.32. The van der Waals surface area contributed by atoms with Crippen LogP contribution < -0.4 is 5.73 Å². The SMILES string of the molecule is CCC(C=O)C(C)N. The van der Waals surface area contributed by atoms with Gasteiger partial charge >= 0.3 is 0 Å². The summed E-state index contributed by atoms with van der Waals surface area (Å²) in [6, 6.07) is 0.0116. The largest absolute Gasteiger partial charge is 0.327 e. The first kappa shape index (κ1) is 7.63. The minimum atomic E-state index is 0.0116. The van der Waals surface area contributed by atoms with Crippen LogP contribution in [0.5, 0.6) is 0 Å². The second kappa shape index (κ2) is 3.61. The van der Waals surface area contributed by atoms with Gasteiger partial charge in [-0.3, -0.25) is 0 Å². The summed E-state index contributed by atoms with van der Waals surface area (Å²) in [6.45, 7) is 3.81. The predicted octanol–water partition coefficient (Wildman–Crippen LogP) is 0.559. The van der Waals surface area contributed by atoms with E-state index in [1.807, 2.05) is 13.8 Å². The molecule has 0 heterocycles. The highest BCUT2D eigenvalue weighted by atomic mass is 16.1. The molecular weight excluding hydrogens is 102 g/mol. The first-order valence-corrected chi connectivity index (χ1v) is 2.93. The Bertz CT molecular complexity index is 70.9. The highest BCUT2D eigenvalue weighted by Crippen LogP contribution is 2.00. The maximum atomic E-state index is 10.1. The molecule has 0 saturated heterocycles. The molecule has 2 nitrogen and oxygen atoms in total. The van der Waals surface area contributed by atoms with Gasteiger partial charge in [-0.05, 0) is 13.3 Å². The molecule has 2 unspecified atom stereocenters. The smallest absolute Gasteiger partial charge is 0.124 e. The number of carbonyl (C=O) groups excluding carboxylic acids is 1. The lowest BCUT2D eigenvalue weighted by atomic mass is 10.0. The van der Waals surface area contributed by atoms with E-state index in [2.05, 4.69) is 0 Å². The molecule has 0 rings (SSSR count). The average Bonchev–Trinajstić information content (AvgIpc) is 1.69. The number of aldehydes is 1. The van der Waals surface area contributed by atoms with E-state index in [1.165, 1.54) is 0 Å². The van der Waals surface area contributed by atoms with Gasteiger partial charge in [-0.1, -0.05) is 6.92 Å². The molecule has 0 amide bonds. The Morgan fingerprint density at radius 1 is 1.75 bits per heavy atom. The van der Waals surface area contributed by atoms with Crippen LogP contribution in [0.3, 0.4) is 0 Å². The average molecular weight is 115 g/mol. The van der Waals surface area contributed by atoms with Gasteiger partial charge in [0, 0.05) is 12.0 Å². The molecule has 0 aromatic heterocycles. The lowest BCUT2D eigenvalue weighted by molar-refractivity contribution is -0.111. The minimum absolute atomic E-state index is 0.0116. The molecule has 0 aromatic carbocycles. The van der Waals surface area contributed by atoms with Gasteiger partial charge in [0.15, 0.2) is 0 Å². The van der Waals surface area contributed by atoms with E-state index in [4.69, 9.17) is 5.73 Å². The summed E-state index contributed by atoms with van der Waals surface area (Å²) < 4.78 is 0. The molecule has 0 aromatic rings. The number of hydrogen-bond donors (Lipinski definition) is 1. The minimum Gasteiger partial charge on any atom is -0.327 e. The molecule has 0 saturated carbocycles. The van der Waals surface area contributed by atoms with Crippen molar-refractivity contribution in [2.45, 2.75) is 26.3 Å². The third-order valence-electron chi connectivity index (χ3n) is 1.32. The molecule has 2 atom stereocenters. The van der Waals surface area contributed by atoms with Gasteiger partial charge in [-0.2, -0.15) is 0 Å². The monoisotopic (exact) mass is 115 g/mol. The Hall–Kier alpha value is -0.370. The maximum absolute atomic E-state index is 10.1. The van der Waals surface area contributed by atoms with Crippen molar-refractivity contribution in [3.63, 3.8) is 0 Å². The van der Waals surface area contributed by atoms with E-state index >= 15 is 0 Å². The molecule has 48 valence electrons. The van der Waals surface area contributed by atoms with Crippen LogP contribution in [0.2, 0.25) is 0 Å². The topological polar surface area (TPSA) is 43.1 Å². The summed E-state index contributed by atoms with van der Waals surface area (Å²) in [5, 5.41) is 0. The standard InChI is InChI=1S/C6H13NO/c1-3-6(4-8)5(2)7/h4-6H,3,7H2,1-2H3. The van der Waals surface area contributed by atoms with Gasteiger partial charge in [0.25, 0.3) is 0 Å². The van der Waals surface area contributed by atoms with E-state index in [0.717, 1.165) is 12.7 Å². The molecule has 0 aliphatic carbocycles. The molecular formula is C6H13NO. The Morgan fingerprint density at radius 2 is 2.25 bits per heavy atom. The summed E-state index contributed by atoms with van der Waals surface area (Å²) in [6.07, 6.45) is 1.77. The summed E-state index contributed by atoms with van der Waals surface area (Å²) in [7, 11) is 0. The van der Waals surface area contributed by atoms with Crippen molar-refractivity contribution in [2.75, 3.05) is 0 Å². The van der Waals surface area contributed by atoms with Crippen molar-refractivity contribution >= 4 is 6.29 Å². The van der Waals surface area contributed by atoms with Crippen molar-refractivity contribution in [1.29, 1.82) is 0 Å². The van der Waals surface area contributed by atoms with E-state index in [0.29, 0.717) is 0 Å². The Labute approximate surface area is 50.1 Å². The molecule has 0 fully saturated rings. The Morgan fingerprint density at radius 3 is 2.25 bits per heavy atom. The van der Waals surface area contributed by atoms with Crippen molar-refractivity contribution in [3.05, 3.63) is 0 Å². The molecule has 8 heavy (non-hydrogen) atoms. The normalized spacial score (nSPS) is 17.4. The van der Waals surface area contributed by atoms with Gasteiger partial charge in [-0.25, -0.2) is 0 Å². The molecule has 0 spiro atoms. The van der Waals surface area contributed by atoms with Crippen LogP contribution in [0.25, 0.3) is 0 Å². The summed E-state index contributed by atoms with van der Waals surface area (Å²) >= 11 is 0. The zero-order valence-electron chi connectivity index (χ0n) is 5.42. The van der Waals surface area contributed by atoms with E-state index in [1.54, 1.807) is 0 Å². The highest BCUT2D eigenvalue weighted by molar-refractivity contribution is 5.54. The molecule has 0 bridgehead atoms. The van der Waals surface area contributed by atoms with Gasteiger partial charge in [0.1, 0.15) is 6.29 Å². The van der Waals surface area contributed by atoms with E-state index < -0.39 is 0 Å². The van der Waals surface area contributed by atoms with Crippen LogP contribution >= 0.6 is 0 Å². The van der Waals surface area contributed by atoms with Crippen molar-refractivity contribution in [1.82, 2.24) is 0 Å². The van der Waals surface area contributed by atoms with Crippen molar-refractivity contribution in [2.24, 2.45) is 11.7 Å². The zero-order valence-corrected chi connectivity index (χ0v) is 5.42. The van der Waals surface area contributed by atoms with Gasteiger partial charge in [0.05, 0.1) is 0 Å². The van der Waals surface area contributed by atoms with Crippen LogP contribution in [0, 0.1) is 5.92 Å². The quantitative estimate of drug-likeness (QED) is 0.546. The predicted molar refractivity (Wildman–Crippen MR) is 33.5 cm³/mol. The van der Waals surface area contributed by atoms with Crippen LogP contribution in [-0.4, -0.2) is 12.3 Å². The van der Waals surface area contributed by atoms with Crippen LogP contribution in [0.1, 0.15) is 20.3 Å². The van der Waals surface area contributed by atoms with Gasteiger partial charge in [0.2, 0.25) is 0 Å². The van der Waals surface area contributed by atoms with Crippen molar-refractivity contribution in [3.8, 4) is 0 Å². The van der Waals surface area contributed by atoms with Crippen LogP contribution in [-0.2, 0) is 4.79 Å². The second-order valence-electron chi connectivity index (χ2n) is 2.07. The lowest BCUT2D eigenvalue weighted by Gasteiger charge is -2.09. The highest BCUT2D eigenvalue weighted by Gasteiger charge is 2.07. The summed E-state index contributed by atoms with van der Waals surface area (Å²) in [5.74, 6) is 0.0509. The first-order chi connectivity index (χ1) is 3.72. The van der Waals surface area contributed by atoms with E-state index in [-0.39, 0.29) is 12.0 Å². The van der Waals surface area contributed by atoms with Gasteiger partial charge in [-0.15, -0.1) is 0 Å². The fourth-order valence-corrected chi connectivity index (χ4v) is 0.592. The summed E-state index contributed by atoms with van der Waals surface area (Å²) in [5.41, 5.74) is 5.43. The zero-order chi connectivity index (χ0) is 6.57. The van der Waals surface area contributed by atoms with Crippen LogP contribution in [0.15, 0.2) is 0 Å². The fourth-order valence-electron chi connectivity index (χ4n) is 0.592. The second-order valence-corrected chi connectivity index (χ2v) is 2.07. The molecule has 0 radical (unpaired) electrons. The lowest BCUT2D eigenvalue weighted by Crippen LogP contribution is -2.26. The molecule has 2 N–H and O–H groups in total. The Kier molecular flexibility index (Phi) is 3.44. The van der Waals surface area contributed by atoms with E-state index in [9.17, 15) is 4.79 Å². The maximum Gasteiger partial charge on any atom is 0.124 e. The molecule has 2 heteroatoms. The third kappa shape index (κ3) is 2.07.